The Labute approximate surface area is 154 Å². The van der Waals surface area contributed by atoms with Crippen LogP contribution in [-0.4, -0.2) is 44.8 Å². The summed E-state index contributed by atoms with van der Waals surface area (Å²) in [6.45, 7) is 6.47. The third-order valence-corrected chi connectivity index (χ3v) is 4.91. The molecule has 1 aliphatic carbocycles. The van der Waals surface area contributed by atoms with E-state index in [-0.39, 0.29) is 24.0 Å². The lowest BCUT2D eigenvalue weighted by atomic mass is 10.2. The Morgan fingerprint density at radius 3 is 2.91 bits per heavy atom. The van der Waals surface area contributed by atoms with Gasteiger partial charge in [0.2, 0.25) is 0 Å². The molecule has 1 aromatic heterocycles. The maximum atomic E-state index is 4.64. The SMILES string of the molecule is CCNC(=NCc1nncn1CC)NC1CCC(SC)C1.I. The molecule has 2 atom stereocenters. The first-order valence-corrected chi connectivity index (χ1v) is 8.99. The van der Waals surface area contributed by atoms with Gasteiger partial charge in [0, 0.05) is 24.4 Å². The number of hydrogen-bond donors (Lipinski definition) is 2. The summed E-state index contributed by atoms with van der Waals surface area (Å²) < 4.78 is 2.02. The Morgan fingerprint density at radius 2 is 2.27 bits per heavy atom. The zero-order valence-electron chi connectivity index (χ0n) is 13.6. The van der Waals surface area contributed by atoms with Crippen LogP contribution in [-0.2, 0) is 13.1 Å². The van der Waals surface area contributed by atoms with Crippen molar-refractivity contribution in [2.24, 2.45) is 4.99 Å². The molecule has 2 N–H and O–H groups in total. The third-order valence-electron chi connectivity index (χ3n) is 3.82. The number of aromatic nitrogens is 3. The quantitative estimate of drug-likeness (QED) is 0.405. The van der Waals surface area contributed by atoms with Crippen LogP contribution in [0.1, 0.15) is 38.9 Å². The molecule has 1 aromatic rings. The topological polar surface area (TPSA) is 67.1 Å². The van der Waals surface area contributed by atoms with Crippen molar-refractivity contribution in [1.82, 2.24) is 25.4 Å². The first-order chi connectivity index (χ1) is 10.3. The highest BCUT2D eigenvalue weighted by atomic mass is 127. The number of nitrogens with zero attached hydrogens (tertiary/aromatic N) is 4. The van der Waals surface area contributed by atoms with E-state index in [0.717, 1.165) is 30.1 Å². The predicted octanol–water partition coefficient (Wildman–Crippen LogP) is 2.26. The summed E-state index contributed by atoms with van der Waals surface area (Å²) in [7, 11) is 0. The van der Waals surface area contributed by atoms with Crippen molar-refractivity contribution in [3.05, 3.63) is 12.2 Å². The molecule has 6 nitrogen and oxygen atoms in total. The van der Waals surface area contributed by atoms with E-state index >= 15 is 0 Å². The van der Waals surface area contributed by atoms with Gasteiger partial charge < -0.3 is 15.2 Å². The van der Waals surface area contributed by atoms with Crippen LogP contribution in [0.25, 0.3) is 0 Å². The van der Waals surface area contributed by atoms with Gasteiger partial charge in [0.15, 0.2) is 11.8 Å². The molecule has 0 bridgehead atoms. The van der Waals surface area contributed by atoms with Gasteiger partial charge in [-0.15, -0.1) is 34.2 Å². The monoisotopic (exact) mass is 438 g/mol. The molecule has 22 heavy (non-hydrogen) atoms. The smallest absolute Gasteiger partial charge is 0.191 e. The molecule has 0 aromatic carbocycles. The maximum Gasteiger partial charge on any atom is 0.191 e. The molecule has 126 valence electrons. The van der Waals surface area contributed by atoms with Gasteiger partial charge in [-0.2, -0.15) is 11.8 Å². The molecular formula is C14H27IN6S. The summed E-state index contributed by atoms with van der Waals surface area (Å²) >= 11 is 1.97. The molecule has 1 aliphatic rings. The highest BCUT2D eigenvalue weighted by Gasteiger charge is 2.24. The second-order valence-corrected chi connectivity index (χ2v) is 6.38. The molecule has 2 rings (SSSR count). The Hall–Kier alpha value is -0.510. The summed E-state index contributed by atoms with van der Waals surface area (Å²) in [5, 5.41) is 15.7. The Bertz CT molecular complexity index is 464. The van der Waals surface area contributed by atoms with Crippen molar-refractivity contribution in [1.29, 1.82) is 0 Å². The molecule has 0 saturated heterocycles. The normalized spacial score (nSPS) is 21.5. The minimum absolute atomic E-state index is 0. The zero-order valence-corrected chi connectivity index (χ0v) is 16.7. The Morgan fingerprint density at radius 1 is 1.45 bits per heavy atom. The lowest BCUT2D eigenvalue weighted by Gasteiger charge is -2.17. The van der Waals surface area contributed by atoms with Crippen molar-refractivity contribution in [2.45, 2.75) is 57.5 Å². The number of hydrogen-bond acceptors (Lipinski definition) is 4. The number of aryl methyl sites for hydroxylation is 1. The molecule has 1 heterocycles. The van der Waals surface area contributed by atoms with Crippen LogP contribution in [0.3, 0.4) is 0 Å². The van der Waals surface area contributed by atoms with Crippen LogP contribution in [0, 0.1) is 0 Å². The van der Waals surface area contributed by atoms with E-state index < -0.39 is 0 Å². The number of rotatable bonds is 6. The van der Waals surface area contributed by atoms with Crippen molar-refractivity contribution >= 4 is 41.7 Å². The molecule has 2 unspecified atom stereocenters. The first-order valence-electron chi connectivity index (χ1n) is 7.71. The van der Waals surface area contributed by atoms with Gasteiger partial charge in [0.05, 0.1) is 0 Å². The molecule has 0 radical (unpaired) electrons. The average molecular weight is 438 g/mol. The van der Waals surface area contributed by atoms with Crippen LogP contribution < -0.4 is 10.6 Å². The average Bonchev–Trinajstić information content (AvgIpc) is 3.13. The van der Waals surface area contributed by atoms with E-state index in [1.54, 1.807) is 6.33 Å². The van der Waals surface area contributed by atoms with Gasteiger partial charge in [0.25, 0.3) is 0 Å². The predicted molar refractivity (Wildman–Crippen MR) is 104 cm³/mol. The second-order valence-electron chi connectivity index (χ2n) is 5.24. The van der Waals surface area contributed by atoms with E-state index in [4.69, 9.17) is 0 Å². The van der Waals surface area contributed by atoms with Crippen LogP contribution in [0.15, 0.2) is 11.3 Å². The fourth-order valence-corrected chi connectivity index (χ4v) is 3.41. The standard InChI is InChI=1S/C14H26N6S.HI/c1-4-15-14(18-11-6-7-12(8-11)21-3)16-9-13-19-17-10-20(13)5-2;/h10-12H,4-9H2,1-3H3,(H2,15,16,18);1H. The van der Waals surface area contributed by atoms with Crippen LogP contribution >= 0.6 is 35.7 Å². The maximum absolute atomic E-state index is 4.64. The minimum Gasteiger partial charge on any atom is -0.357 e. The lowest BCUT2D eigenvalue weighted by Crippen LogP contribution is -2.42. The van der Waals surface area contributed by atoms with Crippen LogP contribution in [0.2, 0.25) is 0 Å². The lowest BCUT2D eigenvalue weighted by molar-refractivity contribution is 0.612. The molecule has 0 aliphatic heterocycles. The van der Waals surface area contributed by atoms with Gasteiger partial charge in [-0.25, -0.2) is 4.99 Å². The molecule has 0 spiro atoms. The summed E-state index contributed by atoms with van der Waals surface area (Å²) in [6, 6.07) is 0.532. The molecule has 1 saturated carbocycles. The summed E-state index contributed by atoms with van der Waals surface area (Å²) in [5.41, 5.74) is 0. The van der Waals surface area contributed by atoms with Gasteiger partial charge in [-0.05, 0) is 39.4 Å². The fourth-order valence-electron chi connectivity index (χ4n) is 2.61. The third kappa shape index (κ3) is 5.60. The molecule has 1 fully saturated rings. The highest BCUT2D eigenvalue weighted by Crippen LogP contribution is 2.27. The van der Waals surface area contributed by atoms with Crippen molar-refractivity contribution in [3.8, 4) is 0 Å². The van der Waals surface area contributed by atoms with Gasteiger partial charge in [0.1, 0.15) is 12.9 Å². The van der Waals surface area contributed by atoms with Crippen molar-refractivity contribution < 1.29 is 0 Å². The fraction of sp³-hybridized carbons (Fsp3) is 0.786. The Balaban J connectivity index is 0.00000242. The number of aliphatic imine (C=N–C) groups is 1. The van der Waals surface area contributed by atoms with E-state index in [2.05, 4.69) is 45.9 Å². The number of nitrogens with one attached hydrogen (secondary N) is 2. The summed E-state index contributed by atoms with van der Waals surface area (Å²) in [5.74, 6) is 1.79. The van der Waals surface area contributed by atoms with Crippen LogP contribution in [0.4, 0.5) is 0 Å². The van der Waals surface area contributed by atoms with E-state index in [0.29, 0.717) is 12.6 Å². The summed E-state index contributed by atoms with van der Waals surface area (Å²) in [6.07, 6.45) is 7.69. The first kappa shape index (κ1) is 19.5. The van der Waals surface area contributed by atoms with Gasteiger partial charge in [-0.1, -0.05) is 0 Å². The molecule has 0 amide bonds. The second kappa shape index (κ2) is 10.3. The van der Waals surface area contributed by atoms with Crippen LogP contribution in [0.5, 0.6) is 0 Å². The van der Waals surface area contributed by atoms with E-state index in [1.165, 1.54) is 19.3 Å². The Kier molecular flexibility index (Phi) is 9.15. The molecule has 8 heteroatoms. The largest absolute Gasteiger partial charge is 0.357 e. The number of guanidine groups is 1. The number of thioether (sulfide) groups is 1. The zero-order chi connectivity index (χ0) is 15.1. The number of halogens is 1. The van der Waals surface area contributed by atoms with Gasteiger partial charge in [-0.3, -0.25) is 0 Å². The van der Waals surface area contributed by atoms with Crippen molar-refractivity contribution in [3.63, 3.8) is 0 Å². The van der Waals surface area contributed by atoms with E-state index in [1.807, 2.05) is 16.3 Å². The minimum atomic E-state index is 0. The highest BCUT2D eigenvalue weighted by molar-refractivity contribution is 14.0. The van der Waals surface area contributed by atoms with Crippen molar-refractivity contribution in [2.75, 3.05) is 12.8 Å². The van der Waals surface area contributed by atoms with Gasteiger partial charge >= 0.3 is 0 Å². The van der Waals surface area contributed by atoms with E-state index in [9.17, 15) is 0 Å². The molecular weight excluding hydrogens is 411 g/mol. The summed E-state index contributed by atoms with van der Waals surface area (Å²) in [4.78, 5) is 4.64.